The predicted octanol–water partition coefficient (Wildman–Crippen LogP) is 0.178. The lowest BCUT2D eigenvalue weighted by Gasteiger charge is -2.16. The second-order valence-electron chi connectivity index (χ2n) is 3.70. The lowest BCUT2D eigenvalue weighted by atomic mass is 10.2. The van der Waals surface area contributed by atoms with Gasteiger partial charge in [0.2, 0.25) is 5.91 Å². The van der Waals surface area contributed by atoms with Gasteiger partial charge in [0, 0.05) is 19.5 Å². The lowest BCUT2D eigenvalue weighted by molar-refractivity contribution is -0.123. The van der Waals surface area contributed by atoms with Crippen molar-refractivity contribution in [2.24, 2.45) is 0 Å². The molecule has 1 aliphatic heterocycles. The number of Topliss-reactive ketones (excluding diaryl/α,β-unsaturated/α-hetero) is 1. The molecule has 0 radical (unpaired) electrons. The summed E-state index contributed by atoms with van der Waals surface area (Å²) >= 11 is 0. The standard InChI is InChI=1S/C10H18N2O2/c1-2-4-9(13)7-12-6-3-5-11-10(14)8-12/h2-8H2,1H3,(H,11,14). The van der Waals surface area contributed by atoms with E-state index in [1.54, 1.807) is 0 Å². The summed E-state index contributed by atoms with van der Waals surface area (Å²) in [5.41, 5.74) is 0. The Morgan fingerprint density at radius 2 is 2.36 bits per heavy atom. The maximum atomic E-state index is 11.4. The first-order valence-corrected chi connectivity index (χ1v) is 5.23. The van der Waals surface area contributed by atoms with Gasteiger partial charge in [0.15, 0.2) is 0 Å². The maximum Gasteiger partial charge on any atom is 0.234 e. The molecule has 1 rings (SSSR count). The van der Waals surface area contributed by atoms with Crippen molar-refractivity contribution in [2.45, 2.75) is 26.2 Å². The fourth-order valence-corrected chi connectivity index (χ4v) is 1.61. The SMILES string of the molecule is CCCC(=O)CN1CCCNC(=O)C1. The van der Waals surface area contributed by atoms with Crippen LogP contribution in [0.1, 0.15) is 26.2 Å². The summed E-state index contributed by atoms with van der Waals surface area (Å²) < 4.78 is 0. The number of ketones is 1. The molecule has 0 aromatic rings. The molecule has 0 aromatic carbocycles. The van der Waals surface area contributed by atoms with Crippen LogP contribution in [-0.4, -0.2) is 42.8 Å². The van der Waals surface area contributed by atoms with Crippen LogP contribution < -0.4 is 5.32 Å². The number of carbonyl (C=O) groups is 2. The average Bonchev–Trinajstić information content (AvgIpc) is 2.30. The van der Waals surface area contributed by atoms with E-state index in [9.17, 15) is 9.59 Å². The third kappa shape index (κ3) is 3.87. The Balaban J connectivity index is 2.34. The van der Waals surface area contributed by atoms with Crippen LogP contribution in [0.5, 0.6) is 0 Å². The van der Waals surface area contributed by atoms with Crippen molar-refractivity contribution in [3.8, 4) is 0 Å². The van der Waals surface area contributed by atoms with Crippen molar-refractivity contribution in [3.05, 3.63) is 0 Å². The minimum absolute atomic E-state index is 0.0341. The highest BCUT2D eigenvalue weighted by Gasteiger charge is 2.16. The molecule has 1 amide bonds. The summed E-state index contributed by atoms with van der Waals surface area (Å²) in [6.45, 7) is 4.37. The van der Waals surface area contributed by atoms with Crippen molar-refractivity contribution < 1.29 is 9.59 Å². The Morgan fingerprint density at radius 3 is 3.07 bits per heavy atom. The van der Waals surface area contributed by atoms with E-state index in [4.69, 9.17) is 0 Å². The van der Waals surface area contributed by atoms with Gasteiger partial charge in [-0.25, -0.2) is 0 Å². The van der Waals surface area contributed by atoms with E-state index in [0.29, 0.717) is 19.5 Å². The number of hydrogen-bond acceptors (Lipinski definition) is 3. The molecular weight excluding hydrogens is 180 g/mol. The molecule has 0 aromatic heterocycles. The first-order valence-electron chi connectivity index (χ1n) is 5.23. The third-order valence-corrected chi connectivity index (χ3v) is 2.27. The summed E-state index contributed by atoms with van der Waals surface area (Å²) in [6.07, 6.45) is 2.45. The van der Waals surface area contributed by atoms with Crippen LogP contribution in [0, 0.1) is 0 Å². The molecular formula is C10H18N2O2. The first-order chi connectivity index (χ1) is 6.72. The van der Waals surface area contributed by atoms with Gasteiger partial charge in [0.05, 0.1) is 13.1 Å². The molecule has 14 heavy (non-hydrogen) atoms. The van der Waals surface area contributed by atoms with Crippen molar-refractivity contribution in [3.63, 3.8) is 0 Å². The van der Waals surface area contributed by atoms with E-state index in [-0.39, 0.29) is 11.7 Å². The van der Waals surface area contributed by atoms with Crippen molar-refractivity contribution in [1.29, 1.82) is 0 Å². The van der Waals surface area contributed by atoms with Crippen LogP contribution in [0.4, 0.5) is 0 Å². The number of nitrogens with one attached hydrogen (secondary N) is 1. The van der Waals surface area contributed by atoms with E-state index < -0.39 is 0 Å². The number of carbonyl (C=O) groups excluding carboxylic acids is 2. The molecule has 0 saturated carbocycles. The Hall–Kier alpha value is -0.900. The zero-order valence-corrected chi connectivity index (χ0v) is 8.71. The van der Waals surface area contributed by atoms with Gasteiger partial charge in [-0.3, -0.25) is 14.5 Å². The summed E-state index contributed by atoms with van der Waals surface area (Å²) in [5, 5.41) is 2.79. The molecule has 0 bridgehead atoms. The van der Waals surface area contributed by atoms with E-state index in [0.717, 1.165) is 25.9 Å². The normalized spacial score (nSPS) is 18.8. The number of nitrogens with zero attached hydrogens (tertiary/aromatic N) is 1. The largest absolute Gasteiger partial charge is 0.355 e. The highest BCUT2D eigenvalue weighted by Crippen LogP contribution is 1.98. The minimum atomic E-state index is 0.0341. The molecule has 1 heterocycles. The van der Waals surface area contributed by atoms with E-state index in [1.807, 2.05) is 11.8 Å². The topological polar surface area (TPSA) is 49.4 Å². The summed E-state index contributed by atoms with van der Waals surface area (Å²) in [7, 11) is 0. The molecule has 0 spiro atoms. The Kier molecular flexibility index (Phi) is 4.59. The third-order valence-electron chi connectivity index (χ3n) is 2.27. The molecule has 1 aliphatic rings. The predicted molar refractivity (Wildman–Crippen MR) is 54.0 cm³/mol. The van der Waals surface area contributed by atoms with E-state index in [2.05, 4.69) is 5.32 Å². The van der Waals surface area contributed by atoms with Gasteiger partial charge in [-0.05, 0) is 12.8 Å². The molecule has 1 N–H and O–H groups in total. The van der Waals surface area contributed by atoms with Crippen LogP contribution in [0.25, 0.3) is 0 Å². The fourth-order valence-electron chi connectivity index (χ4n) is 1.61. The average molecular weight is 198 g/mol. The molecule has 4 nitrogen and oxygen atoms in total. The summed E-state index contributed by atoms with van der Waals surface area (Å²) in [6, 6.07) is 0. The second-order valence-corrected chi connectivity index (χ2v) is 3.70. The highest BCUT2D eigenvalue weighted by molar-refractivity contribution is 5.82. The van der Waals surface area contributed by atoms with Gasteiger partial charge >= 0.3 is 0 Å². The minimum Gasteiger partial charge on any atom is -0.355 e. The molecule has 4 heteroatoms. The van der Waals surface area contributed by atoms with Crippen molar-refractivity contribution in [1.82, 2.24) is 10.2 Å². The highest BCUT2D eigenvalue weighted by atomic mass is 16.2. The molecule has 0 aliphatic carbocycles. The summed E-state index contributed by atoms with van der Waals surface area (Å²) in [5.74, 6) is 0.272. The zero-order chi connectivity index (χ0) is 10.4. The zero-order valence-electron chi connectivity index (χ0n) is 8.71. The second kappa shape index (κ2) is 5.75. The van der Waals surface area contributed by atoms with Gasteiger partial charge in [-0.1, -0.05) is 6.92 Å². The van der Waals surface area contributed by atoms with Crippen molar-refractivity contribution in [2.75, 3.05) is 26.2 Å². The summed E-state index contributed by atoms with van der Waals surface area (Å²) in [4.78, 5) is 24.5. The van der Waals surface area contributed by atoms with Gasteiger partial charge in [-0.15, -0.1) is 0 Å². The smallest absolute Gasteiger partial charge is 0.234 e. The number of rotatable bonds is 4. The Morgan fingerprint density at radius 1 is 1.57 bits per heavy atom. The van der Waals surface area contributed by atoms with E-state index in [1.165, 1.54) is 0 Å². The maximum absolute atomic E-state index is 11.4. The molecule has 0 unspecified atom stereocenters. The van der Waals surface area contributed by atoms with Crippen LogP contribution in [0.15, 0.2) is 0 Å². The van der Waals surface area contributed by atoms with Crippen molar-refractivity contribution >= 4 is 11.7 Å². The molecule has 1 fully saturated rings. The van der Waals surface area contributed by atoms with Crippen LogP contribution in [0.3, 0.4) is 0 Å². The van der Waals surface area contributed by atoms with Gasteiger partial charge in [0.1, 0.15) is 5.78 Å². The molecule has 1 saturated heterocycles. The number of hydrogen-bond donors (Lipinski definition) is 1. The van der Waals surface area contributed by atoms with E-state index >= 15 is 0 Å². The van der Waals surface area contributed by atoms with Crippen LogP contribution >= 0.6 is 0 Å². The fraction of sp³-hybridized carbons (Fsp3) is 0.800. The first kappa shape index (κ1) is 11.2. The number of amides is 1. The van der Waals surface area contributed by atoms with Crippen LogP contribution in [-0.2, 0) is 9.59 Å². The lowest BCUT2D eigenvalue weighted by Crippen LogP contribution is -2.36. The molecule has 0 atom stereocenters. The van der Waals surface area contributed by atoms with Crippen LogP contribution in [0.2, 0.25) is 0 Å². The molecule has 80 valence electrons. The quantitative estimate of drug-likeness (QED) is 0.701. The Bertz CT molecular complexity index is 216. The monoisotopic (exact) mass is 198 g/mol. The van der Waals surface area contributed by atoms with Gasteiger partial charge in [-0.2, -0.15) is 0 Å². The Labute approximate surface area is 84.7 Å². The van der Waals surface area contributed by atoms with Gasteiger partial charge in [0.25, 0.3) is 0 Å². The van der Waals surface area contributed by atoms with Gasteiger partial charge < -0.3 is 5.32 Å².